The second-order valence-corrected chi connectivity index (χ2v) is 7.41. The maximum absolute atomic E-state index is 13.7. The molecule has 152 valence electrons. The third-order valence-corrected chi connectivity index (χ3v) is 5.46. The van der Waals surface area contributed by atoms with Gasteiger partial charge in [0.25, 0.3) is 0 Å². The zero-order chi connectivity index (χ0) is 20.6. The lowest BCUT2D eigenvalue weighted by Crippen LogP contribution is -2.54. The van der Waals surface area contributed by atoms with E-state index in [-0.39, 0.29) is 35.9 Å². The van der Waals surface area contributed by atoms with E-state index in [0.717, 1.165) is 12.1 Å². The van der Waals surface area contributed by atoms with Crippen LogP contribution in [0.1, 0.15) is 35.2 Å². The molecule has 0 radical (unpaired) electrons. The van der Waals surface area contributed by atoms with Crippen molar-refractivity contribution < 1.29 is 27.5 Å². The van der Waals surface area contributed by atoms with Gasteiger partial charge in [-0.25, -0.2) is 18.0 Å². The molecule has 2 amide bonds. The van der Waals surface area contributed by atoms with Crippen LogP contribution in [-0.2, 0) is 6.54 Å². The SMILES string of the molecule is O=C1CC2(CCN(C(=O)NCc3ccc(F)cc3F)CC2)Oc2ccc(F)cc21. The van der Waals surface area contributed by atoms with Gasteiger partial charge in [0, 0.05) is 44.1 Å². The molecule has 29 heavy (non-hydrogen) atoms. The minimum Gasteiger partial charge on any atom is -0.486 e. The van der Waals surface area contributed by atoms with Crippen molar-refractivity contribution in [1.82, 2.24) is 10.2 Å². The highest BCUT2D eigenvalue weighted by molar-refractivity contribution is 6.00. The Hall–Kier alpha value is -3.03. The van der Waals surface area contributed by atoms with Crippen LogP contribution in [0.3, 0.4) is 0 Å². The van der Waals surface area contributed by atoms with Gasteiger partial charge in [0.15, 0.2) is 5.78 Å². The van der Waals surface area contributed by atoms with Gasteiger partial charge in [-0.2, -0.15) is 0 Å². The maximum atomic E-state index is 13.7. The van der Waals surface area contributed by atoms with E-state index in [1.54, 1.807) is 4.90 Å². The Balaban J connectivity index is 1.36. The van der Waals surface area contributed by atoms with E-state index in [1.807, 2.05) is 0 Å². The molecule has 1 N–H and O–H groups in total. The number of amides is 2. The number of hydrogen-bond donors (Lipinski definition) is 1. The lowest BCUT2D eigenvalue weighted by Gasteiger charge is -2.43. The number of benzene rings is 2. The standard InChI is InChI=1S/C21H19F3N2O3/c22-14-3-4-19-16(9-14)18(27)11-21(29-19)5-7-26(8-6-21)20(28)25-12-13-1-2-15(23)10-17(13)24/h1-4,9-10H,5-8,11-12H2,(H,25,28). The van der Waals surface area contributed by atoms with E-state index < -0.39 is 23.1 Å². The molecule has 0 aromatic heterocycles. The van der Waals surface area contributed by atoms with Crippen LogP contribution in [0.15, 0.2) is 36.4 Å². The summed E-state index contributed by atoms with van der Waals surface area (Å²) in [6.45, 7) is 0.670. The molecule has 2 aromatic carbocycles. The number of fused-ring (bicyclic) bond motifs is 1. The van der Waals surface area contributed by atoms with Crippen molar-refractivity contribution in [2.45, 2.75) is 31.4 Å². The van der Waals surface area contributed by atoms with Crippen molar-refractivity contribution in [3.63, 3.8) is 0 Å². The molecule has 0 aliphatic carbocycles. The number of halogens is 3. The highest BCUT2D eigenvalue weighted by Crippen LogP contribution is 2.39. The zero-order valence-corrected chi connectivity index (χ0v) is 15.5. The Kier molecular flexibility index (Phi) is 4.94. The predicted molar refractivity (Wildman–Crippen MR) is 98.1 cm³/mol. The highest BCUT2D eigenvalue weighted by Gasteiger charge is 2.43. The molecule has 1 spiro atoms. The number of piperidine rings is 1. The number of ether oxygens (including phenoxy) is 1. The van der Waals surface area contributed by atoms with E-state index in [9.17, 15) is 22.8 Å². The number of likely N-dealkylation sites (tertiary alicyclic amines) is 1. The first-order chi connectivity index (χ1) is 13.8. The van der Waals surface area contributed by atoms with Crippen LogP contribution in [0, 0.1) is 17.5 Å². The number of nitrogens with one attached hydrogen (secondary N) is 1. The summed E-state index contributed by atoms with van der Waals surface area (Å²) in [5.74, 6) is -1.68. The topological polar surface area (TPSA) is 58.6 Å². The van der Waals surface area contributed by atoms with E-state index in [1.165, 1.54) is 24.3 Å². The average molecular weight is 404 g/mol. The van der Waals surface area contributed by atoms with E-state index in [4.69, 9.17) is 4.74 Å². The van der Waals surface area contributed by atoms with Gasteiger partial charge < -0.3 is 15.0 Å². The summed E-state index contributed by atoms with van der Waals surface area (Å²) in [6.07, 6.45) is 1.04. The number of rotatable bonds is 2. The fourth-order valence-electron chi connectivity index (χ4n) is 3.81. The molecule has 2 aliphatic rings. The van der Waals surface area contributed by atoms with Crippen molar-refractivity contribution in [2.24, 2.45) is 0 Å². The van der Waals surface area contributed by atoms with Crippen molar-refractivity contribution in [1.29, 1.82) is 0 Å². The number of hydrogen-bond acceptors (Lipinski definition) is 3. The maximum Gasteiger partial charge on any atom is 0.317 e. The number of carbonyl (C=O) groups is 2. The minimum atomic E-state index is -0.716. The van der Waals surface area contributed by atoms with Gasteiger partial charge in [-0.3, -0.25) is 4.79 Å². The molecule has 1 saturated heterocycles. The molecular weight excluding hydrogens is 385 g/mol. The predicted octanol–water partition coefficient (Wildman–Crippen LogP) is 3.81. The second kappa shape index (κ2) is 7.42. The van der Waals surface area contributed by atoms with E-state index in [0.29, 0.717) is 31.7 Å². The Labute approximate surface area is 165 Å². The van der Waals surface area contributed by atoms with E-state index in [2.05, 4.69) is 5.32 Å². The number of Topliss-reactive ketones (excluding diaryl/α,β-unsaturated/α-hetero) is 1. The molecule has 5 nitrogen and oxygen atoms in total. The van der Waals surface area contributed by atoms with Crippen LogP contribution in [0.25, 0.3) is 0 Å². The summed E-state index contributed by atoms with van der Waals surface area (Å²) in [4.78, 5) is 26.4. The molecule has 0 bridgehead atoms. The van der Waals surface area contributed by atoms with Gasteiger partial charge in [0.1, 0.15) is 28.8 Å². The van der Waals surface area contributed by atoms with Gasteiger partial charge in [-0.05, 0) is 24.3 Å². The van der Waals surface area contributed by atoms with Crippen LogP contribution in [-0.4, -0.2) is 35.4 Å². The molecule has 0 unspecified atom stereocenters. The normalized spacial score (nSPS) is 17.6. The average Bonchev–Trinajstić information content (AvgIpc) is 2.68. The molecule has 0 atom stereocenters. The van der Waals surface area contributed by atoms with Gasteiger partial charge in [-0.1, -0.05) is 6.07 Å². The summed E-state index contributed by atoms with van der Waals surface area (Å²) < 4.78 is 46.1. The smallest absolute Gasteiger partial charge is 0.317 e. The first-order valence-corrected chi connectivity index (χ1v) is 9.34. The highest BCUT2D eigenvalue weighted by atomic mass is 19.1. The molecule has 2 aliphatic heterocycles. The van der Waals surface area contributed by atoms with Crippen molar-refractivity contribution in [3.05, 3.63) is 65.0 Å². The Morgan fingerprint density at radius 3 is 2.48 bits per heavy atom. The lowest BCUT2D eigenvalue weighted by atomic mass is 9.82. The summed E-state index contributed by atoms with van der Waals surface area (Å²) in [6, 6.07) is 6.72. The number of urea groups is 1. The number of nitrogens with zero attached hydrogens (tertiary/aromatic N) is 1. The monoisotopic (exact) mass is 404 g/mol. The fourth-order valence-corrected chi connectivity index (χ4v) is 3.81. The molecular formula is C21H19F3N2O3. The quantitative estimate of drug-likeness (QED) is 0.828. The van der Waals surface area contributed by atoms with Gasteiger partial charge in [-0.15, -0.1) is 0 Å². The van der Waals surface area contributed by atoms with Crippen LogP contribution in [0.2, 0.25) is 0 Å². The Morgan fingerprint density at radius 1 is 1.07 bits per heavy atom. The summed E-state index contributed by atoms with van der Waals surface area (Å²) in [7, 11) is 0. The molecule has 0 saturated carbocycles. The molecule has 1 fully saturated rings. The van der Waals surface area contributed by atoms with Crippen LogP contribution in [0.4, 0.5) is 18.0 Å². The van der Waals surface area contributed by atoms with Crippen LogP contribution >= 0.6 is 0 Å². The molecule has 2 aromatic rings. The Bertz CT molecular complexity index is 972. The summed E-state index contributed by atoms with van der Waals surface area (Å²) >= 11 is 0. The van der Waals surface area contributed by atoms with Crippen LogP contribution in [0.5, 0.6) is 5.75 Å². The summed E-state index contributed by atoms with van der Waals surface area (Å²) in [5, 5.41) is 2.63. The molecule has 8 heteroatoms. The third-order valence-electron chi connectivity index (χ3n) is 5.46. The minimum absolute atomic E-state index is 0.0550. The van der Waals surface area contributed by atoms with Crippen LogP contribution < -0.4 is 10.1 Å². The summed E-state index contributed by atoms with van der Waals surface area (Å²) in [5.41, 5.74) is -0.266. The first-order valence-electron chi connectivity index (χ1n) is 9.34. The van der Waals surface area contributed by atoms with Crippen molar-refractivity contribution in [3.8, 4) is 5.75 Å². The fraction of sp³-hybridized carbons (Fsp3) is 0.333. The second-order valence-electron chi connectivity index (χ2n) is 7.41. The zero-order valence-electron chi connectivity index (χ0n) is 15.5. The molecule has 2 heterocycles. The molecule has 4 rings (SSSR count). The van der Waals surface area contributed by atoms with E-state index >= 15 is 0 Å². The largest absolute Gasteiger partial charge is 0.486 e. The van der Waals surface area contributed by atoms with Crippen molar-refractivity contribution in [2.75, 3.05) is 13.1 Å². The lowest BCUT2D eigenvalue weighted by molar-refractivity contribution is -0.000807. The van der Waals surface area contributed by atoms with Gasteiger partial charge in [0.05, 0.1) is 12.0 Å². The van der Waals surface area contributed by atoms with Gasteiger partial charge in [0.2, 0.25) is 0 Å². The third kappa shape index (κ3) is 3.92. The number of ketones is 1. The van der Waals surface area contributed by atoms with Crippen molar-refractivity contribution >= 4 is 11.8 Å². The van der Waals surface area contributed by atoms with Gasteiger partial charge >= 0.3 is 6.03 Å². The Morgan fingerprint density at radius 2 is 1.76 bits per heavy atom. The first kappa shape index (κ1) is 19.3. The number of carbonyl (C=O) groups excluding carboxylic acids is 2.